The van der Waals surface area contributed by atoms with Crippen molar-refractivity contribution in [3.63, 3.8) is 0 Å². The van der Waals surface area contributed by atoms with Gasteiger partial charge in [-0.25, -0.2) is 13.1 Å². The van der Waals surface area contributed by atoms with Crippen molar-refractivity contribution in [2.45, 2.75) is 38.7 Å². The molecule has 1 unspecified atom stereocenters. The van der Waals surface area contributed by atoms with Gasteiger partial charge in [0.05, 0.1) is 5.69 Å². The molecule has 6 nitrogen and oxygen atoms in total. The second kappa shape index (κ2) is 5.41. The second-order valence-electron chi connectivity index (χ2n) is 4.86. The smallest absolute Gasteiger partial charge is 0.273 e. The second-order valence-corrected chi connectivity index (χ2v) is 6.55. The van der Waals surface area contributed by atoms with E-state index in [4.69, 9.17) is 8.94 Å². The Labute approximate surface area is 118 Å². The number of nitrogens with one attached hydrogen (secondary N) is 1. The van der Waals surface area contributed by atoms with E-state index in [9.17, 15) is 8.42 Å². The first-order chi connectivity index (χ1) is 9.31. The molecule has 7 heteroatoms. The van der Waals surface area contributed by atoms with E-state index >= 15 is 0 Å². The van der Waals surface area contributed by atoms with Crippen LogP contribution in [-0.4, -0.2) is 20.1 Å². The van der Waals surface area contributed by atoms with Gasteiger partial charge in [0, 0.05) is 12.1 Å². The van der Waals surface area contributed by atoms with Crippen molar-refractivity contribution < 1.29 is 17.4 Å². The Balaban J connectivity index is 2.09. The molecule has 2 heterocycles. The van der Waals surface area contributed by atoms with Crippen molar-refractivity contribution in [2.24, 2.45) is 0 Å². The van der Waals surface area contributed by atoms with Gasteiger partial charge in [0.2, 0.25) is 5.09 Å². The highest BCUT2D eigenvalue weighted by atomic mass is 32.2. The SMILES string of the molecule is Cc1ccc(S(=O)(=O)NCC(C)c2c(C)noc2C)o1. The average molecular weight is 298 g/mol. The van der Waals surface area contributed by atoms with Crippen LogP contribution in [0.25, 0.3) is 0 Å². The Morgan fingerprint density at radius 1 is 1.30 bits per heavy atom. The number of sulfonamides is 1. The molecule has 0 radical (unpaired) electrons. The summed E-state index contributed by atoms with van der Waals surface area (Å²) in [5, 5.41) is 3.80. The summed E-state index contributed by atoms with van der Waals surface area (Å²) in [7, 11) is -3.62. The Bertz CT molecular complexity index is 680. The third-order valence-corrected chi connectivity index (χ3v) is 4.44. The van der Waals surface area contributed by atoms with Gasteiger partial charge in [-0.2, -0.15) is 0 Å². The normalized spacial score (nSPS) is 13.6. The number of aryl methyl sites for hydroxylation is 3. The molecule has 1 atom stereocenters. The molecule has 0 aromatic carbocycles. The topological polar surface area (TPSA) is 85.3 Å². The molecule has 0 saturated carbocycles. The highest BCUT2D eigenvalue weighted by Gasteiger charge is 2.22. The van der Waals surface area contributed by atoms with Gasteiger partial charge in [0.25, 0.3) is 10.0 Å². The highest BCUT2D eigenvalue weighted by Crippen LogP contribution is 2.23. The van der Waals surface area contributed by atoms with E-state index in [0.717, 1.165) is 11.3 Å². The van der Waals surface area contributed by atoms with Crippen LogP contribution in [0.5, 0.6) is 0 Å². The summed E-state index contributed by atoms with van der Waals surface area (Å²) >= 11 is 0. The maximum absolute atomic E-state index is 12.0. The fourth-order valence-electron chi connectivity index (χ4n) is 2.16. The number of nitrogens with zero attached hydrogens (tertiary/aromatic N) is 1. The van der Waals surface area contributed by atoms with Gasteiger partial charge < -0.3 is 8.94 Å². The molecule has 0 saturated heterocycles. The summed E-state index contributed by atoms with van der Waals surface area (Å²) < 4.78 is 36.9. The Hall–Kier alpha value is -1.60. The number of furan rings is 1. The van der Waals surface area contributed by atoms with Crippen LogP contribution < -0.4 is 4.72 Å². The van der Waals surface area contributed by atoms with Crippen molar-refractivity contribution in [1.82, 2.24) is 9.88 Å². The lowest BCUT2D eigenvalue weighted by molar-refractivity contribution is 0.391. The molecule has 0 aliphatic rings. The van der Waals surface area contributed by atoms with E-state index in [-0.39, 0.29) is 17.6 Å². The van der Waals surface area contributed by atoms with Crippen LogP contribution in [-0.2, 0) is 10.0 Å². The summed E-state index contributed by atoms with van der Waals surface area (Å²) in [6.07, 6.45) is 0. The molecule has 0 bridgehead atoms. The summed E-state index contributed by atoms with van der Waals surface area (Å²) in [5.74, 6) is 1.24. The maximum Gasteiger partial charge on any atom is 0.273 e. The molecular formula is C13H18N2O4S. The predicted molar refractivity (Wildman–Crippen MR) is 73.0 cm³/mol. The standard InChI is InChI=1S/C13H18N2O4S/c1-8(13-10(3)15-19-11(13)4)7-14-20(16,17)12-6-5-9(2)18-12/h5-6,8,14H,7H2,1-4H3. The van der Waals surface area contributed by atoms with Crippen LogP contribution >= 0.6 is 0 Å². The van der Waals surface area contributed by atoms with E-state index in [1.54, 1.807) is 13.0 Å². The largest absolute Gasteiger partial charge is 0.449 e. The Morgan fingerprint density at radius 2 is 2.00 bits per heavy atom. The van der Waals surface area contributed by atoms with Gasteiger partial charge in [-0.05, 0) is 38.8 Å². The first kappa shape index (κ1) is 14.8. The zero-order valence-corrected chi connectivity index (χ0v) is 12.7. The van der Waals surface area contributed by atoms with Crippen molar-refractivity contribution in [3.8, 4) is 0 Å². The van der Waals surface area contributed by atoms with Crippen LogP contribution in [0.4, 0.5) is 0 Å². The van der Waals surface area contributed by atoms with E-state index in [0.29, 0.717) is 11.5 Å². The summed E-state index contributed by atoms with van der Waals surface area (Å²) in [4.78, 5) is 0. The fraction of sp³-hybridized carbons (Fsp3) is 0.462. The molecule has 2 rings (SSSR count). The first-order valence-electron chi connectivity index (χ1n) is 6.30. The maximum atomic E-state index is 12.0. The van der Waals surface area contributed by atoms with Crippen LogP contribution in [0, 0.1) is 20.8 Å². The molecule has 0 aliphatic heterocycles. The lowest BCUT2D eigenvalue weighted by Gasteiger charge is -2.11. The number of hydrogen-bond acceptors (Lipinski definition) is 5. The molecule has 2 aromatic rings. The van der Waals surface area contributed by atoms with Crippen molar-refractivity contribution in [2.75, 3.05) is 6.54 Å². The van der Waals surface area contributed by atoms with Crippen LogP contribution in [0.2, 0.25) is 0 Å². The van der Waals surface area contributed by atoms with Crippen molar-refractivity contribution in [3.05, 3.63) is 34.9 Å². The van der Waals surface area contributed by atoms with Gasteiger partial charge in [0.1, 0.15) is 11.5 Å². The predicted octanol–water partition coefficient (Wildman–Crippen LogP) is 2.27. The lowest BCUT2D eigenvalue weighted by atomic mass is 10.0. The quantitative estimate of drug-likeness (QED) is 0.915. The van der Waals surface area contributed by atoms with Gasteiger partial charge in [-0.15, -0.1) is 0 Å². The molecule has 0 fully saturated rings. The Kier molecular flexibility index (Phi) is 4.01. The first-order valence-corrected chi connectivity index (χ1v) is 7.78. The van der Waals surface area contributed by atoms with Crippen molar-refractivity contribution in [1.29, 1.82) is 0 Å². The lowest BCUT2D eigenvalue weighted by Crippen LogP contribution is -2.27. The zero-order valence-electron chi connectivity index (χ0n) is 11.9. The van der Waals surface area contributed by atoms with Gasteiger partial charge >= 0.3 is 0 Å². The minimum absolute atomic E-state index is 0.0351. The molecule has 0 spiro atoms. The Morgan fingerprint density at radius 3 is 2.50 bits per heavy atom. The third kappa shape index (κ3) is 2.94. The number of aromatic nitrogens is 1. The third-order valence-electron chi connectivity index (χ3n) is 3.14. The number of hydrogen-bond donors (Lipinski definition) is 1. The monoisotopic (exact) mass is 298 g/mol. The molecule has 0 aliphatic carbocycles. The summed E-state index contributed by atoms with van der Waals surface area (Å²) in [6.45, 7) is 7.53. The average Bonchev–Trinajstić information content (AvgIpc) is 2.94. The zero-order chi connectivity index (χ0) is 14.9. The van der Waals surface area contributed by atoms with Gasteiger partial charge in [-0.1, -0.05) is 12.1 Å². The van der Waals surface area contributed by atoms with E-state index in [1.807, 2.05) is 20.8 Å². The summed E-state index contributed by atoms with van der Waals surface area (Å²) in [6, 6.07) is 3.06. The molecule has 1 N–H and O–H groups in total. The van der Waals surface area contributed by atoms with Crippen LogP contribution in [0.3, 0.4) is 0 Å². The molecule has 0 amide bonds. The molecule has 2 aromatic heterocycles. The highest BCUT2D eigenvalue weighted by molar-refractivity contribution is 7.89. The minimum atomic E-state index is -3.62. The molecule has 110 valence electrons. The molecular weight excluding hydrogens is 280 g/mol. The van der Waals surface area contributed by atoms with Crippen LogP contribution in [0.1, 0.15) is 35.6 Å². The van der Waals surface area contributed by atoms with Crippen molar-refractivity contribution >= 4 is 10.0 Å². The van der Waals surface area contributed by atoms with Gasteiger partial charge in [0.15, 0.2) is 0 Å². The van der Waals surface area contributed by atoms with Gasteiger partial charge in [-0.3, -0.25) is 0 Å². The molecule has 20 heavy (non-hydrogen) atoms. The van der Waals surface area contributed by atoms with Crippen LogP contribution in [0.15, 0.2) is 26.2 Å². The number of rotatable bonds is 5. The van der Waals surface area contributed by atoms with E-state index in [2.05, 4.69) is 9.88 Å². The summed E-state index contributed by atoms with van der Waals surface area (Å²) in [5.41, 5.74) is 1.71. The van der Waals surface area contributed by atoms with E-state index < -0.39 is 10.0 Å². The minimum Gasteiger partial charge on any atom is -0.449 e. The fourth-order valence-corrected chi connectivity index (χ4v) is 3.26. The van der Waals surface area contributed by atoms with E-state index in [1.165, 1.54) is 6.07 Å².